The van der Waals surface area contributed by atoms with Crippen LogP contribution >= 0.6 is 0 Å². The largest absolute Gasteiger partial charge is 0.396 e. The number of benzene rings is 1. The number of aryl methyl sites for hydroxylation is 3. The maximum absolute atomic E-state index is 9.35. The highest BCUT2D eigenvalue weighted by atomic mass is 16.5. The molecular weight excluding hydrogens is 200 g/mol. The molecule has 1 aromatic rings. The number of hydrogen-bond donors (Lipinski definition) is 1. The number of aliphatic hydroxyl groups is 1. The van der Waals surface area contributed by atoms with Crippen LogP contribution < -0.4 is 0 Å². The monoisotopic (exact) mass is 220 g/mol. The predicted molar refractivity (Wildman–Crippen MR) is 64.5 cm³/mol. The van der Waals surface area contributed by atoms with Gasteiger partial charge in [-0.1, -0.05) is 17.7 Å². The Morgan fingerprint density at radius 1 is 1.25 bits per heavy atom. The van der Waals surface area contributed by atoms with E-state index in [-0.39, 0.29) is 18.6 Å². The molecule has 0 radical (unpaired) electrons. The van der Waals surface area contributed by atoms with Crippen LogP contribution in [0.25, 0.3) is 0 Å². The summed E-state index contributed by atoms with van der Waals surface area (Å²) in [5.41, 5.74) is 5.13. The molecule has 0 aliphatic carbocycles. The fraction of sp³-hybridized carbons (Fsp3) is 0.571. The molecule has 2 heteroatoms. The first-order valence-electron chi connectivity index (χ1n) is 5.93. The molecule has 1 aromatic carbocycles. The molecule has 0 bridgehead atoms. The third-order valence-corrected chi connectivity index (χ3v) is 3.47. The van der Waals surface area contributed by atoms with Gasteiger partial charge in [-0.3, -0.25) is 0 Å². The van der Waals surface area contributed by atoms with Crippen molar-refractivity contribution in [2.75, 3.05) is 13.2 Å². The van der Waals surface area contributed by atoms with E-state index in [1.54, 1.807) is 0 Å². The molecule has 1 N–H and O–H groups in total. The minimum atomic E-state index is 0.0885. The standard InChI is InChI=1S/C14H20O2/c1-9-6-10(2)13(11(3)7-9)14-12(8-15)4-5-16-14/h6-7,12,14-15H,4-5,8H2,1-3H3. The normalized spacial score (nSPS) is 25.0. The van der Waals surface area contributed by atoms with Crippen molar-refractivity contribution in [3.63, 3.8) is 0 Å². The van der Waals surface area contributed by atoms with Crippen LogP contribution in [0.3, 0.4) is 0 Å². The summed E-state index contributed by atoms with van der Waals surface area (Å²) in [6, 6.07) is 4.39. The van der Waals surface area contributed by atoms with Crippen LogP contribution in [0.5, 0.6) is 0 Å². The van der Waals surface area contributed by atoms with Gasteiger partial charge in [-0.15, -0.1) is 0 Å². The van der Waals surface area contributed by atoms with Gasteiger partial charge in [-0.25, -0.2) is 0 Å². The zero-order valence-electron chi connectivity index (χ0n) is 10.3. The molecule has 1 aliphatic rings. The van der Waals surface area contributed by atoms with Crippen molar-refractivity contribution in [2.45, 2.75) is 33.3 Å². The first kappa shape index (κ1) is 11.6. The summed E-state index contributed by atoms with van der Waals surface area (Å²) in [7, 11) is 0. The summed E-state index contributed by atoms with van der Waals surface area (Å²) in [6.07, 6.45) is 1.05. The first-order chi connectivity index (χ1) is 7.63. The molecular formula is C14H20O2. The second-order valence-corrected chi connectivity index (χ2v) is 4.84. The van der Waals surface area contributed by atoms with Crippen LogP contribution in [-0.4, -0.2) is 18.3 Å². The Balaban J connectivity index is 2.39. The third kappa shape index (κ3) is 2.00. The molecule has 0 aromatic heterocycles. The van der Waals surface area contributed by atoms with Crippen molar-refractivity contribution in [3.05, 3.63) is 34.4 Å². The van der Waals surface area contributed by atoms with Crippen LogP contribution in [0, 0.1) is 26.7 Å². The van der Waals surface area contributed by atoms with Gasteiger partial charge in [-0.05, 0) is 43.9 Å². The van der Waals surface area contributed by atoms with Gasteiger partial charge in [0.05, 0.1) is 6.10 Å². The zero-order chi connectivity index (χ0) is 11.7. The number of rotatable bonds is 2. The predicted octanol–water partition coefficient (Wildman–Crippen LogP) is 2.68. The molecule has 2 rings (SSSR count). The Labute approximate surface area is 97.3 Å². The first-order valence-corrected chi connectivity index (χ1v) is 5.93. The molecule has 88 valence electrons. The quantitative estimate of drug-likeness (QED) is 0.830. The molecule has 16 heavy (non-hydrogen) atoms. The molecule has 2 nitrogen and oxygen atoms in total. The van der Waals surface area contributed by atoms with Gasteiger partial charge in [0.25, 0.3) is 0 Å². The van der Waals surface area contributed by atoms with Crippen molar-refractivity contribution < 1.29 is 9.84 Å². The average Bonchev–Trinajstić information content (AvgIpc) is 2.64. The smallest absolute Gasteiger partial charge is 0.0880 e. The summed E-state index contributed by atoms with van der Waals surface area (Å²) >= 11 is 0. The van der Waals surface area contributed by atoms with E-state index in [9.17, 15) is 5.11 Å². The average molecular weight is 220 g/mol. The van der Waals surface area contributed by atoms with Crippen LogP contribution in [0.2, 0.25) is 0 Å². The van der Waals surface area contributed by atoms with Crippen molar-refractivity contribution in [3.8, 4) is 0 Å². The van der Waals surface area contributed by atoms with E-state index in [1.807, 2.05) is 0 Å². The fourth-order valence-electron chi connectivity index (χ4n) is 2.78. The van der Waals surface area contributed by atoms with Gasteiger partial charge < -0.3 is 9.84 Å². The zero-order valence-corrected chi connectivity index (χ0v) is 10.3. The minimum absolute atomic E-state index is 0.0885. The minimum Gasteiger partial charge on any atom is -0.396 e. The second-order valence-electron chi connectivity index (χ2n) is 4.84. The van der Waals surface area contributed by atoms with Crippen molar-refractivity contribution >= 4 is 0 Å². The lowest BCUT2D eigenvalue weighted by Gasteiger charge is -2.21. The van der Waals surface area contributed by atoms with Gasteiger partial charge in [0, 0.05) is 19.1 Å². The molecule has 1 aliphatic heterocycles. The van der Waals surface area contributed by atoms with Gasteiger partial charge in [0.1, 0.15) is 0 Å². The summed E-state index contributed by atoms with van der Waals surface area (Å²) in [5.74, 6) is 0.264. The molecule has 1 fully saturated rings. The summed E-state index contributed by atoms with van der Waals surface area (Å²) < 4.78 is 5.78. The summed E-state index contributed by atoms with van der Waals surface area (Å²) in [4.78, 5) is 0. The molecule has 2 atom stereocenters. The molecule has 1 heterocycles. The maximum Gasteiger partial charge on any atom is 0.0880 e. The topological polar surface area (TPSA) is 29.5 Å². The van der Waals surface area contributed by atoms with Gasteiger partial charge in [-0.2, -0.15) is 0 Å². The third-order valence-electron chi connectivity index (χ3n) is 3.47. The Morgan fingerprint density at radius 2 is 1.88 bits per heavy atom. The van der Waals surface area contributed by atoms with E-state index < -0.39 is 0 Å². The number of aliphatic hydroxyl groups excluding tert-OH is 1. The lowest BCUT2D eigenvalue weighted by molar-refractivity contribution is 0.0711. The lowest BCUT2D eigenvalue weighted by atomic mass is 9.89. The highest BCUT2D eigenvalue weighted by Gasteiger charge is 2.31. The van der Waals surface area contributed by atoms with Crippen LogP contribution in [0.15, 0.2) is 12.1 Å². The Hall–Kier alpha value is -0.860. The SMILES string of the molecule is Cc1cc(C)c(C2OCCC2CO)c(C)c1. The molecule has 0 saturated carbocycles. The van der Waals surface area contributed by atoms with Crippen LogP contribution in [-0.2, 0) is 4.74 Å². The van der Waals surface area contributed by atoms with Crippen LogP contribution in [0.1, 0.15) is 34.8 Å². The Morgan fingerprint density at radius 3 is 2.44 bits per heavy atom. The molecule has 2 unspecified atom stereocenters. The van der Waals surface area contributed by atoms with Crippen molar-refractivity contribution in [1.29, 1.82) is 0 Å². The fourth-order valence-corrected chi connectivity index (χ4v) is 2.78. The highest BCUT2D eigenvalue weighted by Crippen LogP contribution is 2.37. The van der Waals surface area contributed by atoms with E-state index in [4.69, 9.17) is 4.74 Å². The van der Waals surface area contributed by atoms with E-state index in [1.165, 1.54) is 22.3 Å². The van der Waals surface area contributed by atoms with Crippen molar-refractivity contribution in [2.24, 2.45) is 5.92 Å². The van der Waals surface area contributed by atoms with E-state index in [2.05, 4.69) is 32.9 Å². The van der Waals surface area contributed by atoms with Gasteiger partial charge in [0.2, 0.25) is 0 Å². The summed E-state index contributed by atoms with van der Waals surface area (Å²) in [5, 5.41) is 9.35. The summed E-state index contributed by atoms with van der Waals surface area (Å²) in [6.45, 7) is 7.36. The Kier molecular flexibility index (Phi) is 3.31. The second kappa shape index (κ2) is 4.56. The highest BCUT2D eigenvalue weighted by molar-refractivity contribution is 5.39. The van der Waals surface area contributed by atoms with Gasteiger partial charge >= 0.3 is 0 Å². The van der Waals surface area contributed by atoms with E-state index in [0.29, 0.717) is 0 Å². The van der Waals surface area contributed by atoms with E-state index >= 15 is 0 Å². The lowest BCUT2D eigenvalue weighted by Crippen LogP contribution is -2.14. The van der Waals surface area contributed by atoms with E-state index in [0.717, 1.165) is 13.0 Å². The Bertz CT molecular complexity index is 361. The number of ether oxygens (including phenoxy) is 1. The molecule has 1 saturated heterocycles. The van der Waals surface area contributed by atoms with Crippen LogP contribution in [0.4, 0.5) is 0 Å². The number of hydrogen-bond acceptors (Lipinski definition) is 2. The van der Waals surface area contributed by atoms with Gasteiger partial charge in [0.15, 0.2) is 0 Å². The molecule has 0 spiro atoms. The molecule has 0 amide bonds. The van der Waals surface area contributed by atoms with Crippen molar-refractivity contribution in [1.82, 2.24) is 0 Å². The maximum atomic E-state index is 9.35.